The summed E-state index contributed by atoms with van der Waals surface area (Å²) in [6.07, 6.45) is 4.31. The Morgan fingerprint density at radius 3 is 2.50 bits per heavy atom. The predicted molar refractivity (Wildman–Crippen MR) is 154 cm³/mol. The Morgan fingerprint density at radius 2 is 1.85 bits per heavy atom. The minimum absolute atomic E-state index is 0.0290. The number of anilines is 1. The minimum atomic E-state index is -3.83. The standard InChI is InChI=1S/C29H38ClN3O6S/c1-19-16-33(20(2)18-34)29(36)25-15-23(31-28(35)21-7-5-4-6-8-21)11-14-26(25)39-27(19)17-32(3)40(37,38)24-12-9-22(30)10-13-24/h9-15,19-21,27,34H,4-8,16-18H2,1-3H3,(H,31,35)/t19-,20-,27-/m0/s1. The van der Waals surface area contributed by atoms with Gasteiger partial charge in [0.15, 0.2) is 0 Å². The highest BCUT2D eigenvalue weighted by molar-refractivity contribution is 7.89. The Kier molecular flexibility index (Phi) is 9.76. The number of fused-ring (bicyclic) bond motifs is 1. The van der Waals surface area contributed by atoms with Crippen LogP contribution in [0.5, 0.6) is 5.75 Å². The first-order valence-electron chi connectivity index (χ1n) is 13.8. The molecule has 0 radical (unpaired) electrons. The van der Waals surface area contributed by atoms with Gasteiger partial charge < -0.3 is 20.1 Å². The fourth-order valence-corrected chi connectivity index (χ4v) is 6.57. The summed E-state index contributed by atoms with van der Waals surface area (Å²) >= 11 is 5.94. The summed E-state index contributed by atoms with van der Waals surface area (Å²) in [6.45, 7) is 3.69. The van der Waals surface area contributed by atoms with Crippen LogP contribution in [0.2, 0.25) is 5.02 Å². The number of benzene rings is 2. The Bertz CT molecular complexity index is 1310. The van der Waals surface area contributed by atoms with E-state index >= 15 is 0 Å². The van der Waals surface area contributed by atoms with Crippen molar-refractivity contribution in [2.45, 2.75) is 63.0 Å². The zero-order valence-corrected chi connectivity index (χ0v) is 24.7. The highest BCUT2D eigenvalue weighted by Crippen LogP contribution is 2.32. The van der Waals surface area contributed by atoms with Crippen molar-refractivity contribution in [3.63, 3.8) is 0 Å². The Hall–Kier alpha value is -2.66. The van der Waals surface area contributed by atoms with Crippen LogP contribution in [0.1, 0.15) is 56.3 Å². The summed E-state index contributed by atoms with van der Waals surface area (Å²) in [6, 6.07) is 10.4. The number of nitrogens with zero attached hydrogens (tertiary/aromatic N) is 2. The van der Waals surface area contributed by atoms with E-state index in [1.54, 1.807) is 30.0 Å². The normalized spacial score (nSPS) is 21.2. The number of carbonyl (C=O) groups excluding carboxylic acids is 2. The molecule has 2 aromatic carbocycles. The van der Waals surface area contributed by atoms with E-state index in [0.29, 0.717) is 16.5 Å². The van der Waals surface area contributed by atoms with Crippen molar-refractivity contribution in [2.24, 2.45) is 11.8 Å². The van der Waals surface area contributed by atoms with Gasteiger partial charge in [0, 0.05) is 36.1 Å². The van der Waals surface area contributed by atoms with E-state index in [2.05, 4.69) is 5.32 Å². The van der Waals surface area contributed by atoms with E-state index < -0.39 is 22.2 Å². The van der Waals surface area contributed by atoms with Crippen LogP contribution in [0.4, 0.5) is 5.69 Å². The Labute approximate surface area is 241 Å². The topological polar surface area (TPSA) is 116 Å². The number of hydrogen-bond donors (Lipinski definition) is 2. The van der Waals surface area contributed by atoms with E-state index in [4.69, 9.17) is 16.3 Å². The molecule has 4 rings (SSSR count). The largest absolute Gasteiger partial charge is 0.488 e. The van der Waals surface area contributed by atoms with Crippen LogP contribution in [0.25, 0.3) is 0 Å². The third-order valence-electron chi connectivity index (χ3n) is 7.87. The summed E-state index contributed by atoms with van der Waals surface area (Å²) in [7, 11) is -2.34. The molecule has 9 nitrogen and oxygen atoms in total. The second-order valence-corrected chi connectivity index (χ2v) is 13.4. The van der Waals surface area contributed by atoms with Gasteiger partial charge in [-0.05, 0) is 62.2 Å². The molecule has 0 spiro atoms. The molecule has 2 amide bonds. The van der Waals surface area contributed by atoms with Crippen molar-refractivity contribution in [3.8, 4) is 5.75 Å². The monoisotopic (exact) mass is 591 g/mol. The third-order valence-corrected chi connectivity index (χ3v) is 9.96. The molecular formula is C29H38ClN3O6S. The van der Waals surface area contributed by atoms with Crippen LogP contribution in [0, 0.1) is 11.8 Å². The van der Waals surface area contributed by atoms with E-state index in [9.17, 15) is 23.1 Å². The number of sulfonamides is 1. The van der Waals surface area contributed by atoms with Crippen molar-refractivity contribution in [3.05, 3.63) is 53.1 Å². The van der Waals surface area contributed by atoms with Gasteiger partial charge in [0.05, 0.1) is 29.7 Å². The molecule has 1 heterocycles. The van der Waals surface area contributed by atoms with Gasteiger partial charge in [-0.15, -0.1) is 0 Å². The molecule has 11 heteroatoms. The number of rotatable bonds is 8. The number of likely N-dealkylation sites (N-methyl/N-ethyl adjacent to an activating group) is 1. The molecule has 218 valence electrons. The molecule has 0 bridgehead atoms. The lowest BCUT2D eigenvalue weighted by Crippen LogP contribution is -2.50. The van der Waals surface area contributed by atoms with Crippen LogP contribution in [0.15, 0.2) is 47.4 Å². The molecule has 1 fully saturated rings. The molecule has 0 saturated heterocycles. The van der Waals surface area contributed by atoms with E-state index in [1.807, 2.05) is 6.92 Å². The second kappa shape index (κ2) is 12.9. The van der Waals surface area contributed by atoms with Gasteiger partial charge in [-0.1, -0.05) is 37.8 Å². The third kappa shape index (κ3) is 6.79. The number of carbonyl (C=O) groups is 2. The summed E-state index contributed by atoms with van der Waals surface area (Å²) in [4.78, 5) is 28.2. The maximum atomic E-state index is 13.7. The van der Waals surface area contributed by atoms with Crippen LogP contribution < -0.4 is 10.1 Å². The van der Waals surface area contributed by atoms with Crippen molar-refractivity contribution in [1.29, 1.82) is 0 Å². The summed E-state index contributed by atoms with van der Waals surface area (Å²) in [5.41, 5.74) is 0.748. The van der Waals surface area contributed by atoms with Crippen LogP contribution in [-0.2, 0) is 14.8 Å². The number of aliphatic hydroxyl groups is 1. The van der Waals surface area contributed by atoms with E-state index in [0.717, 1.165) is 32.1 Å². The summed E-state index contributed by atoms with van der Waals surface area (Å²) in [5, 5.41) is 13.3. The summed E-state index contributed by atoms with van der Waals surface area (Å²) in [5.74, 6) is -0.390. The number of nitrogens with one attached hydrogen (secondary N) is 1. The average Bonchev–Trinajstić information content (AvgIpc) is 2.95. The Balaban J connectivity index is 1.62. The van der Waals surface area contributed by atoms with E-state index in [-0.39, 0.29) is 53.8 Å². The molecule has 0 aromatic heterocycles. The van der Waals surface area contributed by atoms with Gasteiger partial charge in [0.1, 0.15) is 11.9 Å². The van der Waals surface area contributed by atoms with Crippen molar-refractivity contribution in [2.75, 3.05) is 32.1 Å². The highest BCUT2D eigenvalue weighted by atomic mass is 35.5. The number of ether oxygens (including phenoxy) is 1. The first-order chi connectivity index (χ1) is 19.0. The lowest BCUT2D eigenvalue weighted by atomic mass is 9.88. The Morgan fingerprint density at radius 1 is 1.18 bits per heavy atom. The SMILES string of the molecule is C[C@H]1CN([C@@H](C)CO)C(=O)c2cc(NC(=O)C3CCCCC3)ccc2O[C@H]1CN(C)S(=O)(=O)c1ccc(Cl)cc1. The van der Waals surface area contributed by atoms with Gasteiger partial charge in [-0.25, -0.2) is 8.42 Å². The molecule has 3 atom stereocenters. The first kappa shape index (κ1) is 30.3. The molecule has 1 aliphatic carbocycles. The lowest BCUT2D eigenvalue weighted by Gasteiger charge is -2.38. The molecule has 2 N–H and O–H groups in total. The van der Waals surface area contributed by atoms with Crippen molar-refractivity contribution >= 4 is 39.1 Å². The highest BCUT2D eigenvalue weighted by Gasteiger charge is 2.35. The lowest BCUT2D eigenvalue weighted by molar-refractivity contribution is -0.120. The van der Waals surface area contributed by atoms with Crippen molar-refractivity contribution in [1.82, 2.24) is 9.21 Å². The molecule has 2 aromatic rings. The second-order valence-electron chi connectivity index (χ2n) is 10.9. The van der Waals surface area contributed by atoms with E-state index in [1.165, 1.54) is 35.6 Å². The minimum Gasteiger partial charge on any atom is -0.488 e. The fourth-order valence-electron chi connectivity index (χ4n) is 5.27. The maximum absolute atomic E-state index is 13.7. The molecule has 1 aliphatic heterocycles. The van der Waals surface area contributed by atoms with Crippen molar-refractivity contribution < 1.29 is 27.9 Å². The van der Waals surface area contributed by atoms with Gasteiger partial charge in [-0.2, -0.15) is 4.31 Å². The predicted octanol–water partition coefficient (Wildman–Crippen LogP) is 4.40. The van der Waals surface area contributed by atoms with Gasteiger partial charge in [0.2, 0.25) is 15.9 Å². The number of aliphatic hydroxyl groups excluding tert-OH is 1. The maximum Gasteiger partial charge on any atom is 0.258 e. The van der Waals surface area contributed by atoms with Crippen LogP contribution >= 0.6 is 11.6 Å². The smallest absolute Gasteiger partial charge is 0.258 e. The molecule has 0 unspecified atom stereocenters. The molecule has 1 saturated carbocycles. The van der Waals surface area contributed by atoms with Gasteiger partial charge >= 0.3 is 0 Å². The first-order valence-corrected chi connectivity index (χ1v) is 15.6. The zero-order chi connectivity index (χ0) is 29.0. The zero-order valence-electron chi connectivity index (χ0n) is 23.2. The molecule has 2 aliphatic rings. The quantitative estimate of drug-likeness (QED) is 0.470. The molecular weight excluding hydrogens is 554 g/mol. The summed E-state index contributed by atoms with van der Waals surface area (Å²) < 4.78 is 34.1. The number of halogens is 1. The molecule has 40 heavy (non-hydrogen) atoms. The number of amides is 2. The van der Waals surface area contributed by atoms with Gasteiger partial charge in [0.25, 0.3) is 5.91 Å². The average molecular weight is 592 g/mol. The fraction of sp³-hybridized carbons (Fsp3) is 0.517. The van der Waals surface area contributed by atoms with Crippen LogP contribution in [0.3, 0.4) is 0 Å². The van der Waals surface area contributed by atoms with Crippen LogP contribution in [-0.4, -0.2) is 73.4 Å². The number of hydrogen-bond acceptors (Lipinski definition) is 6. The van der Waals surface area contributed by atoms with Gasteiger partial charge in [-0.3, -0.25) is 9.59 Å².